The number of para-hydroxylation sites is 1. The SMILES string of the molecule is Cc1ccc2c(c1)/C(=C/c1nc3ccccc3c(=O)n1-c1ccc(Cl)cc1)C(=O)N2C. The fourth-order valence-corrected chi connectivity index (χ4v) is 4.04. The quantitative estimate of drug-likeness (QED) is 0.429. The molecule has 0 N–H and O–H groups in total. The van der Waals surface area contributed by atoms with Gasteiger partial charge in [-0.05, 0) is 61.5 Å². The van der Waals surface area contributed by atoms with Crippen LogP contribution in [0.25, 0.3) is 28.2 Å². The first-order chi connectivity index (χ1) is 14.9. The second kappa shape index (κ2) is 7.22. The Balaban J connectivity index is 1.82. The number of benzene rings is 3. The van der Waals surface area contributed by atoms with E-state index < -0.39 is 0 Å². The van der Waals surface area contributed by atoms with E-state index in [1.807, 2.05) is 37.3 Å². The molecule has 6 heteroatoms. The van der Waals surface area contributed by atoms with Crippen LogP contribution in [0.2, 0.25) is 5.02 Å². The van der Waals surface area contributed by atoms with Crippen LogP contribution in [0.5, 0.6) is 0 Å². The third-order valence-electron chi connectivity index (χ3n) is 5.50. The van der Waals surface area contributed by atoms with E-state index in [-0.39, 0.29) is 11.5 Å². The summed E-state index contributed by atoms with van der Waals surface area (Å²) in [6.45, 7) is 1.98. The molecule has 1 aliphatic rings. The van der Waals surface area contributed by atoms with Crippen molar-refractivity contribution in [3.8, 4) is 5.69 Å². The van der Waals surface area contributed by atoms with E-state index in [4.69, 9.17) is 16.6 Å². The molecule has 0 radical (unpaired) electrons. The molecule has 1 aromatic heterocycles. The average molecular weight is 428 g/mol. The lowest BCUT2D eigenvalue weighted by atomic mass is 10.0. The molecule has 152 valence electrons. The molecule has 0 atom stereocenters. The molecule has 0 fully saturated rings. The van der Waals surface area contributed by atoms with Gasteiger partial charge in [0.2, 0.25) is 0 Å². The Hall–Kier alpha value is -3.70. The monoisotopic (exact) mass is 427 g/mol. The van der Waals surface area contributed by atoms with Gasteiger partial charge in [-0.2, -0.15) is 0 Å². The molecule has 0 saturated heterocycles. The van der Waals surface area contributed by atoms with Crippen LogP contribution >= 0.6 is 11.6 Å². The van der Waals surface area contributed by atoms with Crippen molar-refractivity contribution in [2.45, 2.75) is 6.92 Å². The van der Waals surface area contributed by atoms with E-state index in [1.165, 1.54) is 4.57 Å². The number of aromatic nitrogens is 2. The maximum absolute atomic E-state index is 13.4. The summed E-state index contributed by atoms with van der Waals surface area (Å²) in [5.74, 6) is 0.253. The van der Waals surface area contributed by atoms with Crippen LogP contribution in [-0.4, -0.2) is 22.5 Å². The number of halogens is 1. The Labute approximate surface area is 183 Å². The predicted molar refractivity (Wildman–Crippen MR) is 125 cm³/mol. The van der Waals surface area contributed by atoms with E-state index in [2.05, 4.69) is 0 Å². The fourth-order valence-electron chi connectivity index (χ4n) is 3.92. The van der Waals surface area contributed by atoms with E-state index in [9.17, 15) is 9.59 Å². The highest BCUT2D eigenvalue weighted by Crippen LogP contribution is 2.37. The maximum Gasteiger partial charge on any atom is 0.266 e. The van der Waals surface area contributed by atoms with Crippen LogP contribution in [0.3, 0.4) is 0 Å². The molecule has 1 amide bonds. The van der Waals surface area contributed by atoms with Gasteiger partial charge in [0.15, 0.2) is 0 Å². The summed E-state index contributed by atoms with van der Waals surface area (Å²) >= 11 is 6.05. The van der Waals surface area contributed by atoms with Crippen molar-refractivity contribution >= 4 is 45.7 Å². The molecular formula is C25H18ClN3O2. The Bertz CT molecular complexity index is 1450. The Morgan fingerprint density at radius 3 is 2.48 bits per heavy atom. The molecule has 5 nitrogen and oxygen atoms in total. The van der Waals surface area contributed by atoms with Gasteiger partial charge in [-0.25, -0.2) is 4.98 Å². The molecule has 3 aromatic carbocycles. The number of amides is 1. The minimum Gasteiger partial charge on any atom is -0.311 e. The molecule has 5 rings (SSSR count). The fraction of sp³-hybridized carbons (Fsp3) is 0.0800. The van der Waals surface area contributed by atoms with Crippen molar-refractivity contribution in [2.75, 3.05) is 11.9 Å². The number of rotatable bonds is 2. The van der Waals surface area contributed by atoms with Crippen LogP contribution in [-0.2, 0) is 4.79 Å². The van der Waals surface area contributed by atoms with E-state index in [0.717, 1.165) is 16.8 Å². The van der Waals surface area contributed by atoms with Crippen molar-refractivity contribution in [1.82, 2.24) is 9.55 Å². The van der Waals surface area contributed by atoms with Crippen molar-refractivity contribution < 1.29 is 4.79 Å². The highest BCUT2D eigenvalue weighted by molar-refractivity contribution is 6.35. The lowest BCUT2D eigenvalue weighted by molar-refractivity contribution is -0.112. The Kier molecular flexibility index (Phi) is 4.49. The first-order valence-corrected chi connectivity index (χ1v) is 10.2. The number of nitrogens with zero attached hydrogens (tertiary/aromatic N) is 3. The largest absolute Gasteiger partial charge is 0.311 e. The van der Waals surface area contributed by atoms with Crippen molar-refractivity contribution in [2.24, 2.45) is 0 Å². The average Bonchev–Trinajstić information content (AvgIpc) is 2.99. The summed E-state index contributed by atoms with van der Waals surface area (Å²) in [4.78, 5) is 32.8. The maximum atomic E-state index is 13.4. The van der Waals surface area contributed by atoms with Crippen LogP contribution in [0, 0.1) is 6.92 Å². The summed E-state index contributed by atoms with van der Waals surface area (Å²) in [6, 6.07) is 20.1. The molecule has 2 heterocycles. The van der Waals surface area contributed by atoms with Crippen molar-refractivity contribution in [3.05, 3.63) is 99.1 Å². The molecule has 0 unspecified atom stereocenters. The van der Waals surface area contributed by atoms with Crippen molar-refractivity contribution in [1.29, 1.82) is 0 Å². The molecule has 31 heavy (non-hydrogen) atoms. The number of anilines is 1. The summed E-state index contributed by atoms with van der Waals surface area (Å²) < 4.78 is 1.52. The van der Waals surface area contributed by atoms with Gasteiger partial charge >= 0.3 is 0 Å². The van der Waals surface area contributed by atoms with Gasteiger partial charge in [-0.15, -0.1) is 0 Å². The van der Waals surface area contributed by atoms with Crippen molar-refractivity contribution in [3.63, 3.8) is 0 Å². The minimum absolute atomic E-state index is 0.134. The zero-order valence-electron chi connectivity index (χ0n) is 17.0. The minimum atomic E-state index is -0.206. The first-order valence-electron chi connectivity index (χ1n) is 9.82. The summed E-state index contributed by atoms with van der Waals surface area (Å²) in [5.41, 5.74) is 4.22. The molecule has 4 aromatic rings. The van der Waals surface area contributed by atoms with E-state index in [1.54, 1.807) is 54.4 Å². The molecular weight excluding hydrogens is 410 g/mol. The highest BCUT2D eigenvalue weighted by Gasteiger charge is 2.30. The third-order valence-corrected chi connectivity index (χ3v) is 5.75. The summed E-state index contributed by atoms with van der Waals surface area (Å²) in [6.07, 6.45) is 1.70. The number of carbonyl (C=O) groups is 1. The zero-order chi connectivity index (χ0) is 21.7. The smallest absolute Gasteiger partial charge is 0.266 e. The Morgan fingerprint density at radius 2 is 1.71 bits per heavy atom. The topological polar surface area (TPSA) is 55.2 Å². The molecule has 1 aliphatic heterocycles. The third kappa shape index (κ3) is 3.14. The summed E-state index contributed by atoms with van der Waals surface area (Å²) in [5, 5.41) is 1.08. The van der Waals surface area contributed by atoms with Crippen LogP contribution in [0.1, 0.15) is 17.0 Å². The van der Waals surface area contributed by atoms with Gasteiger partial charge in [0.25, 0.3) is 11.5 Å². The normalized spacial score (nSPS) is 14.5. The van der Waals surface area contributed by atoms with Gasteiger partial charge in [0.05, 0.1) is 27.9 Å². The molecule has 0 aliphatic carbocycles. The van der Waals surface area contributed by atoms with E-state index >= 15 is 0 Å². The Morgan fingerprint density at radius 1 is 0.968 bits per heavy atom. The number of hydrogen-bond donors (Lipinski definition) is 0. The number of aryl methyl sites for hydroxylation is 1. The van der Waals surface area contributed by atoms with Gasteiger partial charge in [0.1, 0.15) is 5.82 Å². The van der Waals surface area contributed by atoms with Gasteiger partial charge in [0, 0.05) is 17.6 Å². The van der Waals surface area contributed by atoms with Gasteiger partial charge in [-0.3, -0.25) is 14.2 Å². The highest BCUT2D eigenvalue weighted by atomic mass is 35.5. The predicted octanol–water partition coefficient (Wildman–Crippen LogP) is 4.86. The molecule has 0 bridgehead atoms. The lowest BCUT2D eigenvalue weighted by Gasteiger charge is -2.12. The number of hydrogen-bond acceptors (Lipinski definition) is 3. The van der Waals surface area contributed by atoms with Crippen LogP contribution in [0.15, 0.2) is 71.5 Å². The number of carbonyl (C=O) groups excluding carboxylic acids is 1. The number of likely N-dealkylation sites (N-methyl/N-ethyl adjacent to an activating group) is 1. The lowest BCUT2D eigenvalue weighted by Crippen LogP contribution is -2.23. The zero-order valence-corrected chi connectivity index (χ0v) is 17.7. The molecule has 0 saturated carbocycles. The van der Waals surface area contributed by atoms with Crippen LogP contribution < -0.4 is 10.5 Å². The van der Waals surface area contributed by atoms with Crippen LogP contribution in [0.4, 0.5) is 5.69 Å². The second-order valence-corrected chi connectivity index (χ2v) is 7.98. The first kappa shape index (κ1) is 19.3. The summed E-state index contributed by atoms with van der Waals surface area (Å²) in [7, 11) is 1.75. The van der Waals surface area contributed by atoms with Gasteiger partial charge < -0.3 is 4.90 Å². The standard InChI is InChI=1S/C25H18ClN3O2/c1-15-7-12-22-19(13-15)20(24(30)28(22)2)14-23-27-21-6-4-3-5-18(21)25(31)29(23)17-10-8-16(26)9-11-17/h3-14H,1-2H3/b20-14-. The second-order valence-electron chi connectivity index (χ2n) is 7.55. The molecule has 0 spiro atoms. The van der Waals surface area contributed by atoms with Gasteiger partial charge in [-0.1, -0.05) is 35.4 Å². The number of fused-ring (bicyclic) bond motifs is 2. The van der Waals surface area contributed by atoms with E-state index in [0.29, 0.717) is 33.0 Å².